The highest BCUT2D eigenvalue weighted by molar-refractivity contribution is 8.21. The van der Waals surface area contributed by atoms with Crippen LogP contribution in [0.3, 0.4) is 0 Å². The van der Waals surface area contributed by atoms with Gasteiger partial charge in [-0.05, 0) is 61.8 Å². The number of nitrogens with one attached hydrogen (secondary N) is 1. The van der Waals surface area contributed by atoms with Crippen molar-refractivity contribution < 1.29 is 9.53 Å². The smallest absolute Gasteiger partial charge is 0.227 e. The Morgan fingerprint density at radius 2 is 1.59 bits per heavy atom. The van der Waals surface area contributed by atoms with E-state index in [0.717, 1.165) is 24.3 Å². The quantitative estimate of drug-likeness (QED) is 0.613. The van der Waals surface area contributed by atoms with E-state index in [2.05, 4.69) is 28.8 Å². The molecule has 1 N–H and O–H groups in total. The molecule has 1 amide bonds. The van der Waals surface area contributed by atoms with E-state index in [4.69, 9.17) is 4.74 Å². The third-order valence-electron chi connectivity index (χ3n) is 6.61. The molecule has 152 valence electrons. The number of thioether (sulfide) groups is 2. The molecule has 29 heavy (non-hydrogen) atoms. The van der Waals surface area contributed by atoms with Gasteiger partial charge in [0.15, 0.2) is 5.75 Å². The van der Waals surface area contributed by atoms with Crippen LogP contribution in [0, 0.1) is 17.8 Å². The second-order valence-corrected chi connectivity index (χ2v) is 11.3. The maximum atomic E-state index is 13.2. The Kier molecular flexibility index (Phi) is 5.53. The molecule has 2 unspecified atom stereocenters. The summed E-state index contributed by atoms with van der Waals surface area (Å²) in [4.78, 5) is 13.2. The minimum Gasteiger partial charge on any atom is -0.455 e. The summed E-state index contributed by atoms with van der Waals surface area (Å²) in [7, 11) is 0. The average molecular weight is 426 g/mol. The lowest BCUT2D eigenvalue weighted by atomic mass is 9.67. The van der Waals surface area contributed by atoms with Gasteiger partial charge < -0.3 is 10.1 Å². The molecule has 2 aromatic carbocycles. The summed E-state index contributed by atoms with van der Waals surface area (Å²) in [6, 6.07) is 17.5. The summed E-state index contributed by atoms with van der Waals surface area (Å²) < 4.78 is 6.43. The fourth-order valence-corrected chi connectivity index (χ4v) is 9.27. The summed E-state index contributed by atoms with van der Waals surface area (Å²) in [6.07, 6.45) is 5.97. The van der Waals surface area contributed by atoms with Crippen molar-refractivity contribution in [3.05, 3.63) is 54.6 Å². The van der Waals surface area contributed by atoms with Crippen LogP contribution < -0.4 is 10.1 Å². The van der Waals surface area contributed by atoms with E-state index in [1.54, 1.807) is 0 Å². The van der Waals surface area contributed by atoms with Crippen molar-refractivity contribution in [2.24, 2.45) is 17.8 Å². The molecule has 3 aliphatic rings. The van der Waals surface area contributed by atoms with Gasteiger partial charge in [-0.15, -0.1) is 23.5 Å². The van der Waals surface area contributed by atoms with Gasteiger partial charge in [0.1, 0.15) is 5.75 Å². The fraction of sp³-hybridized carbons (Fsp3) is 0.458. The van der Waals surface area contributed by atoms with Gasteiger partial charge in [0, 0.05) is 17.4 Å². The Morgan fingerprint density at radius 1 is 0.931 bits per heavy atom. The zero-order chi connectivity index (χ0) is 19.7. The third kappa shape index (κ3) is 3.79. The van der Waals surface area contributed by atoms with Crippen molar-refractivity contribution in [3.63, 3.8) is 0 Å². The molecule has 1 heterocycles. The van der Waals surface area contributed by atoms with Crippen LogP contribution in [0.4, 0.5) is 5.69 Å². The van der Waals surface area contributed by atoms with Gasteiger partial charge in [-0.1, -0.05) is 36.8 Å². The maximum Gasteiger partial charge on any atom is 0.227 e. The predicted molar refractivity (Wildman–Crippen MR) is 123 cm³/mol. The van der Waals surface area contributed by atoms with Crippen molar-refractivity contribution in [1.29, 1.82) is 0 Å². The lowest BCUT2D eigenvalue weighted by molar-refractivity contribution is -0.122. The molecule has 2 aromatic rings. The van der Waals surface area contributed by atoms with Gasteiger partial charge in [-0.2, -0.15) is 0 Å². The van der Waals surface area contributed by atoms with Gasteiger partial charge >= 0.3 is 0 Å². The van der Waals surface area contributed by atoms with E-state index in [0.29, 0.717) is 21.7 Å². The standard InChI is InChI=1S/C24H27NO2S2/c26-23(17-15-18-7-6-8-19(16-17)24(18)28-13-14-29-24)25-21-11-4-5-12-22(21)27-20-9-2-1-3-10-20/h1-5,9-12,17-19H,6-8,13-16H2,(H,25,26). The van der Waals surface area contributed by atoms with Gasteiger partial charge in [0.05, 0.1) is 9.77 Å². The van der Waals surface area contributed by atoms with Crippen LogP contribution in [0.25, 0.3) is 0 Å². The second kappa shape index (κ2) is 8.27. The first-order valence-corrected chi connectivity index (χ1v) is 12.6. The summed E-state index contributed by atoms with van der Waals surface area (Å²) in [5.74, 6) is 5.66. The monoisotopic (exact) mass is 425 g/mol. The van der Waals surface area contributed by atoms with Crippen LogP contribution in [-0.2, 0) is 4.79 Å². The molecular formula is C24H27NO2S2. The van der Waals surface area contributed by atoms with E-state index in [1.165, 1.54) is 30.8 Å². The highest BCUT2D eigenvalue weighted by atomic mass is 32.2. The molecule has 5 rings (SSSR count). The highest BCUT2D eigenvalue weighted by Gasteiger charge is 2.55. The molecule has 3 fully saturated rings. The first-order chi connectivity index (χ1) is 14.2. The van der Waals surface area contributed by atoms with E-state index in [1.807, 2.05) is 54.6 Å². The number of amides is 1. The van der Waals surface area contributed by atoms with Crippen molar-refractivity contribution in [2.45, 2.75) is 36.2 Å². The summed E-state index contributed by atoms with van der Waals surface area (Å²) >= 11 is 4.38. The lowest BCUT2D eigenvalue weighted by Crippen LogP contribution is -2.48. The van der Waals surface area contributed by atoms with Gasteiger partial charge in [0.2, 0.25) is 5.91 Å². The van der Waals surface area contributed by atoms with Crippen LogP contribution in [0.1, 0.15) is 32.1 Å². The zero-order valence-electron chi connectivity index (χ0n) is 16.5. The van der Waals surface area contributed by atoms with Crippen LogP contribution in [0.2, 0.25) is 0 Å². The Balaban J connectivity index is 1.30. The van der Waals surface area contributed by atoms with Crippen molar-refractivity contribution in [3.8, 4) is 11.5 Å². The molecular weight excluding hydrogens is 398 g/mol. The molecule has 1 spiro atoms. The number of hydrogen-bond donors (Lipinski definition) is 1. The Hall–Kier alpha value is -1.59. The van der Waals surface area contributed by atoms with Crippen LogP contribution in [0.5, 0.6) is 11.5 Å². The van der Waals surface area contributed by atoms with Crippen LogP contribution in [-0.4, -0.2) is 21.5 Å². The van der Waals surface area contributed by atoms with E-state index < -0.39 is 0 Å². The second-order valence-electron chi connectivity index (χ2n) is 8.31. The topological polar surface area (TPSA) is 38.3 Å². The van der Waals surface area contributed by atoms with Crippen molar-refractivity contribution >= 4 is 35.1 Å². The van der Waals surface area contributed by atoms with Crippen LogP contribution in [0.15, 0.2) is 54.6 Å². The minimum absolute atomic E-state index is 0.113. The molecule has 3 nitrogen and oxygen atoms in total. The third-order valence-corrected chi connectivity index (χ3v) is 10.6. The maximum absolute atomic E-state index is 13.2. The zero-order valence-corrected chi connectivity index (χ0v) is 18.1. The Bertz CT molecular complexity index is 850. The lowest BCUT2D eigenvalue weighted by Gasteiger charge is -2.52. The highest BCUT2D eigenvalue weighted by Crippen LogP contribution is 2.64. The summed E-state index contributed by atoms with van der Waals surface area (Å²) in [5.41, 5.74) is 0.761. The van der Waals surface area contributed by atoms with E-state index >= 15 is 0 Å². The number of rotatable bonds is 4. The first kappa shape index (κ1) is 19.4. The van der Waals surface area contributed by atoms with E-state index in [-0.39, 0.29) is 11.8 Å². The number of anilines is 1. The predicted octanol–water partition coefficient (Wildman–Crippen LogP) is 6.42. The average Bonchev–Trinajstić information content (AvgIpc) is 3.19. The normalized spacial score (nSPS) is 27.5. The van der Waals surface area contributed by atoms with Gasteiger partial charge in [-0.3, -0.25) is 4.79 Å². The van der Waals surface area contributed by atoms with Gasteiger partial charge in [0.25, 0.3) is 0 Å². The van der Waals surface area contributed by atoms with Crippen molar-refractivity contribution in [1.82, 2.24) is 0 Å². The largest absolute Gasteiger partial charge is 0.455 e. The molecule has 5 heteroatoms. The summed E-state index contributed by atoms with van der Waals surface area (Å²) in [6.45, 7) is 0. The molecule has 2 saturated carbocycles. The molecule has 1 saturated heterocycles. The number of benzene rings is 2. The van der Waals surface area contributed by atoms with Crippen molar-refractivity contribution in [2.75, 3.05) is 16.8 Å². The Morgan fingerprint density at radius 3 is 2.31 bits per heavy atom. The van der Waals surface area contributed by atoms with Crippen LogP contribution >= 0.6 is 23.5 Å². The molecule has 1 aliphatic heterocycles. The number of para-hydroxylation sites is 3. The number of carbonyl (C=O) groups is 1. The molecule has 2 aliphatic carbocycles. The first-order valence-electron chi connectivity index (χ1n) is 10.7. The molecule has 0 aromatic heterocycles. The Labute approximate surface area is 181 Å². The number of carbonyl (C=O) groups excluding carboxylic acids is 1. The minimum atomic E-state index is 0.113. The molecule has 2 bridgehead atoms. The van der Waals surface area contributed by atoms with Gasteiger partial charge in [-0.25, -0.2) is 0 Å². The fourth-order valence-electron chi connectivity index (χ4n) is 5.33. The van der Waals surface area contributed by atoms with E-state index in [9.17, 15) is 4.79 Å². The SMILES string of the molecule is O=C(Nc1ccccc1Oc1ccccc1)C1CC2CCCC(C1)C21SCCS1. The summed E-state index contributed by atoms with van der Waals surface area (Å²) in [5, 5.41) is 3.19. The number of ether oxygens (including phenoxy) is 1. The molecule has 0 radical (unpaired) electrons. The number of hydrogen-bond acceptors (Lipinski definition) is 4. The molecule has 2 atom stereocenters.